The summed E-state index contributed by atoms with van der Waals surface area (Å²) in [5.74, 6) is 2.52. The van der Waals surface area contributed by atoms with Crippen molar-refractivity contribution in [2.75, 3.05) is 31.5 Å². The van der Waals surface area contributed by atoms with Gasteiger partial charge in [0.1, 0.15) is 0 Å². The molecule has 1 saturated heterocycles. The lowest BCUT2D eigenvalue weighted by atomic mass is 9.49. The Morgan fingerprint density at radius 2 is 1.42 bits per heavy atom. The summed E-state index contributed by atoms with van der Waals surface area (Å²) in [5.41, 5.74) is 0.596. The van der Waals surface area contributed by atoms with Gasteiger partial charge in [-0.25, -0.2) is 0 Å². The standard InChI is InChI=1S/C27H37N3O3/c1-26(2,3)24(32)28-22-6-4-5-21(14-22)23(31)29-7-9-30(10-8-29)25(33)27-15-18-11-19(16-27)13-20(12-18)17-27/h4-6,14,18-20H,7-13,15-17H2,1-3H3,(H,28,32). The highest BCUT2D eigenvalue weighted by atomic mass is 16.2. The third kappa shape index (κ3) is 4.29. The lowest BCUT2D eigenvalue weighted by molar-refractivity contribution is -0.159. The molecule has 6 nitrogen and oxygen atoms in total. The fraction of sp³-hybridized carbons (Fsp3) is 0.667. The molecule has 0 radical (unpaired) electrons. The summed E-state index contributed by atoms with van der Waals surface area (Å²) < 4.78 is 0. The van der Waals surface area contributed by atoms with E-state index in [9.17, 15) is 14.4 Å². The molecule has 1 N–H and O–H groups in total. The molecule has 0 unspecified atom stereocenters. The molecule has 178 valence electrons. The van der Waals surface area contributed by atoms with Crippen LogP contribution in [0.1, 0.15) is 69.7 Å². The van der Waals surface area contributed by atoms with E-state index in [0.29, 0.717) is 43.3 Å². The average molecular weight is 452 g/mol. The first-order valence-corrected chi connectivity index (χ1v) is 12.6. The van der Waals surface area contributed by atoms with Crippen LogP contribution < -0.4 is 5.32 Å². The van der Waals surface area contributed by atoms with Crippen LogP contribution in [0.25, 0.3) is 0 Å². The van der Waals surface area contributed by atoms with Gasteiger partial charge in [-0.05, 0) is 74.5 Å². The highest BCUT2D eigenvalue weighted by Crippen LogP contribution is 2.60. The zero-order valence-corrected chi connectivity index (χ0v) is 20.2. The van der Waals surface area contributed by atoms with Crippen LogP contribution in [0.5, 0.6) is 0 Å². The van der Waals surface area contributed by atoms with Gasteiger partial charge in [0.15, 0.2) is 0 Å². The van der Waals surface area contributed by atoms with Crippen LogP contribution in [0.4, 0.5) is 5.69 Å². The van der Waals surface area contributed by atoms with E-state index in [0.717, 1.165) is 37.0 Å². The SMILES string of the molecule is CC(C)(C)C(=O)Nc1cccc(C(=O)N2CCN(C(=O)C34CC5CC(CC(C5)C3)C4)CC2)c1. The Morgan fingerprint density at radius 3 is 1.97 bits per heavy atom. The highest BCUT2D eigenvalue weighted by Gasteiger charge is 2.55. The van der Waals surface area contributed by atoms with E-state index in [2.05, 4.69) is 5.32 Å². The van der Waals surface area contributed by atoms with Gasteiger partial charge in [0.05, 0.1) is 5.41 Å². The third-order valence-corrected chi connectivity index (χ3v) is 8.39. The van der Waals surface area contributed by atoms with Crippen LogP contribution in [0.3, 0.4) is 0 Å². The third-order valence-electron chi connectivity index (χ3n) is 8.39. The minimum atomic E-state index is -0.500. The first kappa shape index (κ1) is 22.4. The van der Waals surface area contributed by atoms with E-state index in [1.807, 2.05) is 36.6 Å². The average Bonchev–Trinajstić information content (AvgIpc) is 2.77. The second-order valence-electron chi connectivity index (χ2n) is 12.1. The molecule has 3 amide bonds. The molecule has 0 atom stereocenters. The predicted molar refractivity (Wildman–Crippen MR) is 128 cm³/mol. The summed E-state index contributed by atoms with van der Waals surface area (Å²) in [6.45, 7) is 7.95. The van der Waals surface area contributed by atoms with Crippen molar-refractivity contribution in [3.63, 3.8) is 0 Å². The lowest BCUT2D eigenvalue weighted by Gasteiger charge is -2.57. The van der Waals surface area contributed by atoms with Gasteiger partial charge in [-0.3, -0.25) is 14.4 Å². The fourth-order valence-electron chi connectivity index (χ4n) is 7.05. The molecule has 0 spiro atoms. The monoisotopic (exact) mass is 451 g/mol. The zero-order chi connectivity index (χ0) is 23.4. The molecule has 1 aromatic carbocycles. The topological polar surface area (TPSA) is 69.7 Å². The van der Waals surface area contributed by atoms with Crippen molar-refractivity contribution < 1.29 is 14.4 Å². The van der Waals surface area contributed by atoms with E-state index < -0.39 is 5.41 Å². The number of anilines is 1. The quantitative estimate of drug-likeness (QED) is 0.750. The van der Waals surface area contributed by atoms with Gasteiger partial charge in [-0.15, -0.1) is 0 Å². The molecule has 33 heavy (non-hydrogen) atoms. The van der Waals surface area contributed by atoms with Gasteiger partial charge < -0.3 is 15.1 Å². The number of hydrogen-bond acceptors (Lipinski definition) is 3. The van der Waals surface area contributed by atoms with Gasteiger partial charge in [-0.1, -0.05) is 26.8 Å². The molecule has 6 heteroatoms. The lowest BCUT2D eigenvalue weighted by Crippen LogP contribution is -2.58. The van der Waals surface area contributed by atoms with Crippen molar-refractivity contribution in [3.8, 4) is 0 Å². The largest absolute Gasteiger partial charge is 0.339 e. The number of carbonyl (C=O) groups is 3. The van der Waals surface area contributed by atoms with Crippen molar-refractivity contribution in [2.24, 2.45) is 28.6 Å². The predicted octanol–water partition coefficient (Wildman–Crippen LogP) is 4.17. The molecule has 5 fully saturated rings. The second-order valence-corrected chi connectivity index (χ2v) is 12.1. The van der Waals surface area contributed by atoms with E-state index in [1.165, 1.54) is 19.3 Å². The number of hydrogen-bond donors (Lipinski definition) is 1. The number of benzene rings is 1. The molecule has 1 aliphatic heterocycles. The number of carbonyl (C=O) groups excluding carboxylic acids is 3. The van der Waals surface area contributed by atoms with Crippen LogP contribution in [0, 0.1) is 28.6 Å². The number of amides is 3. The summed E-state index contributed by atoms with van der Waals surface area (Å²) >= 11 is 0. The van der Waals surface area contributed by atoms with Crippen LogP contribution in [-0.4, -0.2) is 53.7 Å². The smallest absolute Gasteiger partial charge is 0.254 e. The second kappa shape index (κ2) is 8.14. The summed E-state index contributed by atoms with van der Waals surface area (Å²) in [6, 6.07) is 7.15. The van der Waals surface area contributed by atoms with Crippen molar-refractivity contribution in [1.82, 2.24) is 9.80 Å². The highest BCUT2D eigenvalue weighted by molar-refractivity contribution is 5.98. The van der Waals surface area contributed by atoms with Gasteiger partial charge in [-0.2, -0.15) is 0 Å². The summed E-state index contributed by atoms with van der Waals surface area (Å²) in [7, 11) is 0. The minimum absolute atomic E-state index is 0.0382. The van der Waals surface area contributed by atoms with E-state index in [1.54, 1.807) is 18.2 Å². The van der Waals surface area contributed by atoms with E-state index in [4.69, 9.17) is 0 Å². The summed E-state index contributed by atoms with van der Waals surface area (Å²) in [6.07, 6.45) is 7.27. The van der Waals surface area contributed by atoms with Crippen LogP contribution in [0.2, 0.25) is 0 Å². The Kier molecular flexibility index (Phi) is 5.53. The maximum atomic E-state index is 13.6. The minimum Gasteiger partial charge on any atom is -0.339 e. The first-order valence-electron chi connectivity index (χ1n) is 12.6. The molecule has 1 heterocycles. The van der Waals surface area contributed by atoms with Gasteiger partial charge in [0.2, 0.25) is 11.8 Å². The Morgan fingerprint density at radius 1 is 0.879 bits per heavy atom. The zero-order valence-electron chi connectivity index (χ0n) is 20.2. The Balaban J connectivity index is 1.20. The molecule has 5 aliphatic rings. The summed E-state index contributed by atoms with van der Waals surface area (Å²) in [5, 5.41) is 2.90. The van der Waals surface area contributed by atoms with Crippen LogP contribution in [-0.2, 0) is 9.59 Å². The Bertz CT molecular complexity index is 920. The number of rotatable bonds is 3. The molecule has 4 saturated carbocycles. The normalized spacial score (nSPS) is 30.9. The van der Waals surface area contributed by atoms with Crippen molar-refractivity contribution in [1.29, 1.82) is 0 Å². The number of nitrogens with zero attached hydrogens (tertiary/aromatic N) is 2. The molecule has 1 aromatic rings. The van der Waals surface area contributed by atoms with Crippen molar-refractivity contribution in [3.05, 3.63) is 29.8 Å². The van der Waals surface area contributed by atoms with Crippen LogP contribution in [0.15, 0.2) is 24.3 Å². The molecule has 4 bridgehead atoms. The maximum absolute atomic E-state index is 13.6. The van der Waals surface area contributed by atoms with E-state index in [-0.39, 0.29) is 17.2 Å². The Hall–Kier alpha value is -2.37. The van der Waals surface area contributed by atoms with Gasteiger partial charge in [0, 0.05) is 42.8 Å². The first-order chi connectivity index (χ1) is 15.6. The van der Waals surface area contributed by atoms with Gasteiger partial charge in [0.25, 0.3) is 5.91 Å². The molecule has 4 aliphatic carbocycles. The maximum Gasteiger partial charge on any atom is 0.254 e. The van der Waals surface area contributed by atoms with Crippen molar-refractivity contribution >= 4 is 23.4 Å². The fourth-order valence-corrected chi connectivity index (χ4v) is 7.05. The number of nitrogens with one attached hydrogen (secondary N) is 1. The molecular formula is C27H37N3O3. The number of piperazine rings is 1. The summed E-state index contributed by atoms with van der Waals surface area (Å²) in [4.78, 5) is 42.9. The molecule has 0 aromatic heterocycles. The van der Waals surface area contributed by atoms with E-state index >= 15 is 0 Å². The Labute approximate surface area is 197 Å². The molecular weight excluding hydrogens is 414 g/mol. The van der Waals surface area contributed by atoms with Crippen LogP contribution >= 0.6 is 0 Å². The van der Waals surface area contributed by atoms with Crippen molar-refractivity contribution in [2.45, 2.75) is 59.3 Å². The van der Waals surface area contributed by atoms with Gasteiger partial charge >= 0.3 is 0 Å². The molecule has 6 rings (SSSR count).